The van der Waals surface area contributed by atoms with Crippen LogP contribution in [0.5, 0.6) is 5.75 Å². The third-order valence-corrected chi connectivity index (χ3v) is 4.36. The molecule has 3 aromatic rings. The third kappa shape index (κ3) is 5.61. The van der Waals surface area contributed by atoms with Crippen LogP contribution in [-0.2, 0) is 11.2 Å². The van der Waals surface area contributed by atoms with Crippen LogP contribution >= 0.6 is 0 Å². The summed E-state index contributed by atoms with van der Waals surface area (Å²) in [6.07, 6.45) is 2.16. The lowest BCUT2D eigenvalue weighted by Gasteiger charge is -2.14. The summed E-state index contributed by atoms with van der Waals surface area (Å²) in [4.78, 5) is 12.3. The Labute approximate surface area is 166 Å². The van der Waals surface area contributed by atoms with Gasteiger partial charge in [-0.05, 0) is 55.3 Å². The highest BCUT2D eigenvalue weighted by molar-refractivity contribution is 5.95. The Kier molecular flexibility index (Phi) is 6.68. The lowest BCUT2D eigenvalue weighted by molar-refractivity contribution is -0.118. The number of ether oxygens (including phenoxy) is 1. The first-order valence-corrected chi connectivity index (χ1v) is 9.58. The maximum atomic E-state index is 12.3. The van der Waals surface area contributed by atoms with Gasteiger partial charge in [0.1, 0.15) is 5.75 Å². The molecule has 4 heteroatoms. The zero-order valence-corrected chi connectivity index (χ0v) is 16.4. The van der Waals surface area contributed by atoms with Crippen LogP contribution in [0.2, 0.25) is 0 Å². The molecule has 3 rings (SSSR count). The topological polar surface area (TPSA) is 50.4 Å². The molecule has 2 N–H and O–H groups in total. The summed E-state index contributed by atoms with van der Waals surface area (Å²) in [5, 5.41) is 6.26. The van der Waals surface area contributed by atoms with Crippen LogP contribution in [0.3, 0.4) is 0 Å². The van der Waals surface area contributed by atoms with Crippen LogP contribution in [0.4, 0.5) is 17.1 Å². The van der Waals surface area contributed by atoms with E-state index in [0.717, 1.165) is 29.9 Å². The molecule has 0 saturated carbocycles. The van der Waals surface area contributed by atoms with Crippen molar-refractivity contribution in [3.05, 3.63) is 83.9 Å². The zero-order valence-electron chi connectivity index (χ0n) is 16.4. The Morgan fingerprint density at radius 3 is 2.25 bits per heavy atom. The van der Waals surface area contributed by atoms with Gasteiger partial charge in [-0.1, -0.05) is 55.3 Å². The van der Waals surface area contributed by atoms with E-state index in [9.17, 15) is 4.79 Å². The van der Waals surface area contributed by atoms with E-state index < -0.39 is 0 Å². The Balaban J connectivity index is 1.58. The molecule has 0 heterocycles. The molecule has 0 fully saturated rings. The maximum Gasteiger partial charge on any atom is 0.262 e. The highest BCUT2D eigenvalue weighted by Gasteiger charge is 2.08. The van der Waals surface area contributed by atoms with Crippen molar-refractivity contribution in [2.24, 2.45) is 0 Å². The van der Waals surface area contributed by atoms with Crippen molar-refractivity contribution in [1.29, 1.82) is 0 Å². The smallest absolute Gasteiger partial charge is 0.262 e. The van der Waals surface area contributed by atoms with Gasteiger partial charge in [-0.15, -0.1) is 0 Å². The molecule has 0 aliphatic heterocycles. The number of para-hydroxylation sites is 2. The molecular formula is C24H26N2O2. The number of hydrogen-bond acceptors (Lipinski definition) is 3. The van der Waals surface area contributed by atoms with E-state index in [2.05, 4.69) is 24.5 Å². The Hall–Kier alpha value is -3.27. The molecule has 144 valence electrons. The van der Waals surface area contributed by atoms with Crippen molar-refractivity contribution >= 4 is 23.0 Å². The highest BCUT2D eigenvalue weighted by Crippen LogP contribution is 2.25. The fourth-order valence-corrected chi connectivity index (χ4v) is 2.87. The highest BCUT2D eigenvalue weighted by atomic mass is 16.5. The molecule has 0 saturated heterocycles. The fraction of sp³-hybridized carbons (Fsp3) is 0.208. The number of carbonyl (C=O) groups excluding carboxylic acids is 1. The molecule has 0 radical (unpaired) electrons. The lowest BCUT2D eigenvalue weighted by atomic mass is 10.1. The summed E-state index contributed by atoms with van der Waals surface area (Å²) in [7, 11) is 0. The minimum absolute atomic E-state index is 0.0357. The molecule has 0 aliphatic carbocycles. The van der Waals surface area contributed by atoms with Crippen molar-refractivity contribution in [3.63, 3.8) is 0 Å². The van der Waals surface area contributed by atoms with E-state index in [1.54, 1.807) is 0 Å². The van der Waals surface area contributed by atoms with Crippen molar-refractivity contribution in [2.75, 3.05) is 17.2 Å². The maximum absolute atomic E-state index is 12.3. The largest absolute Gasteiger partial charge is 0.484 e. The van der Waals surface area contributed by atoms with Gasteiger partial charge >= 0.3 is 0 Å². The second kappa shape index (κ2) is 9.60. The second-order valence-corrected chi connectivity index (χ2v) is 6.77. The van der Waals surface area contributed by atoms with E-state index in [4.69, 9.17) is 4.74 Å². The van der Waals surface area contributed by atoms with Gasteiger partial charge < -0.3 is 15.4 Å². The SMILES string of the molecule is CCCc1ccc(OCC(=O)Nc2ccccc2Nc2ccc(C)cc2)cc1. The van der Waals surface area contributed by atoms with Crippen LogP contribution < -0.4 is 15.4 Å². The molecule has 3 aromatic carbocycles. The average molecular weight is 374 g/mol. The lowest BCUT2D eigenvalue weighted by Crippen LogP contribution is -2.20. The summed E-state index contributed by atoms with van der Waals surface area (Å²) in [5.41, 5.74) is 5.00. The summed E-state index contributed by atoms with van der Waals surface area (Å²) in [5.74, 6) is 0.497. The number of anilines is 3. The van der Waals surface area contributed by atoms with Gasteiger partial charge in [-0.25, -0.2) is 0 Å². The molecular weight excluding hydrogens is 348 g/mol. The first kappa shape index (κ1) is 19.5. The monoisotopic (exact) mass is 374 g/mol. The summed E-state index contributed by atoms with van der Waals surface area (Å²) >= 11 is 0. The number of aryl methyl sites for hydroxylation is 2. The summed E-state index contributed by atoms with van der Waals surface area (Å²) in [6.45, 7) is 4.17. The van der Waals surface area contributed by atoms with Gasteiger partial charge in [0.25, 0.3) is 5.91 Å². The van der Waals surface area contributed by atoms with Crippen LogP contribution in [0.1, 0.15) is 24.5 Å². The summed E-state index contributed by atoms with van der Waals surface area (Å²) in [6, 6.07) is 23.6. The average Bonchev–Trinajstić information content (AvgIpc) is 2.71. The second-order valence-electron chi connectivity index (χ2n) is 6.77. The summed E-state index contributed by atoms with van der Waals surface area (Å²) < 4.78 is 5.61. The first-order chi connectivity index (χ1) is 13.6. The molecule has 4 nitrogen and oxygen atoms in total. The van der Waals surface area contributed by atoms with Gasteiger partial charge in [0.2, 0.25) is 0 Å². The predicted octanol–water partition coefficient (Wildman–Crippen LogP) is 5.71. The number of benzene rings is 3. The van der Waals surface area contributed by atoms with E-state index in [-0.39, 0.29) is 12.5 Å². The molecule has 28 heavy (non-hydrogen) atoms. The molecule has 0 atom stereocenters. The normalized spacial score (nSPS) is 10.4. The van der Waals surface area contributed by atoms with Crippen molar-refractivity contribution in [2.45, 2.75) is 26.7 Å². The third-order valence-electron chi connectivity index (χ3n) is 4.36. The number of rotatable bonds is 8. The Bertz CT molecular complexity index is 903. The van der Waals surface area contributed by atoms with E-state index in [1.165, 1.54) is 11.1 Å². The predicted molar refractivity (Wildman–Crippen MR) is 115 cm³/mol. The van der Waals surface area contributed by atoms with E-state index in [1.807, 2.05) is 72.8 Å². The van der Waals surface area contributed by atoms with Gasteiger partial charge in [-0.2, -0.15) is 0 Å². The first-order valence-electron chi connectivity index (χ1n) is 9.58. The minimum atomic E-state index is -0.198. The van der Waals surface area contributed by atoms with Gasteiger partial charge in [0.05, 0.1) is 11.4 Å². The molecule has 0 unspecified atom stereocenters. The molecule has 0 bridgehead atoms. The van der Waals surface area contributed by atoms with Gasteiger partial charge in [-0.3, -0.25) is 4.79 Å². The number of amides is 1. The van der Waals surface area contributed by atoms with Crippen molar-refractivity contribution in [3.8, 4) is 5.75 Å². The quantitative estimate of drug-likeness (QED) is 0.531. The zero-order chi connectivity index (χ0) is 19.8. The number of hydrogen-bond donors (Lipinski definition) is 2. The molecule has 0 spiro atoms. The Morgan fingerprint density at radius 1 is 0.893 bits per heavy atom. The minimum Gasteiger partial charge on any atom is -0.484 e. The molecule has 0 aliphatic rings. The standard InChI is InChI=1S/C24H26N2O2/c1-3-6-19-11-15-21(16-12-19)28-17-24(27)26-23-8-5-4-7-22(23)25-20-13-9-18(2)10-14-20/h4-5,7-16,25H,3,6,17H2,1-2H3,(H,26,27). The van der Waals surface area contributed by atoms with Crippen LogP contribution in [0.25, 0.3) is 0 Å². The van der Waals surface area contributed by atoms with Crippen LogP contribution in [0, 0.1) is 6.92 Å². The number of carbonyl (C=O) groups is 1. The van der Waals surface area contributed by atoms with Crippen molar-refractivity contribution < 1.29 is 9.53 Å². The van der Waals surface area contributed by atoms with Crippen LogP contribution in [-0.4, -0.2) is 12.5 Å². The number of nitrogens with one attached hydrogen (secondary N) is 2. The van der Waals surface area contributed by atoms with Gasteiger partial charge in [0.15, 0.2) is 6.61 Å². The van der Waals surface area contributed by atoms with Crippen molar-refractivity contribution in [1.82, 2.24) is 0 Å². The van der Waals surface area contributed by atoms with E-state index >= 15 is 0 Å². The molecule has 1 amide bonds. The Morgan fingerprint density at radius 2 is 1.57 bits per heavy atom. The van der Waals surface area contributed by atoms with Crippen LogP contribution in [0.15, 0.2) is 72.8 Å². The van der Waals surface area contributed by atoms with Gasteiger partial charge in [0, 0.05) is 5.69 Å². The van der Waals surface area contributed by atoms with E-state index in [0.29, 0.717) is 5.75 Å². The molecule has 0 aromatic heterocycles. The fourth-order valence-electron chi connectivity index (χ4n) is 2.87.